The van der Waals surface area contributed by atoms with Gasteiger partial charge in [-0.1, -0.05) is 53.8 Å². The van der Waals surface area contributed by atoms with Crippen LogP contribution in [0.2, 0.25) is 5.02 Å². The van der Waals surface area contributed by atoms with Crippen LogP contribution in [0.3, 0.4) is 0 Å². The molecule has 4 rings (SSSR count). The highest BCUT2D eigenvalue weighted by Crippen LogP contribution is 2.39. The molecular formula is C29H27ClN2O3S2. The Morgan fingerprint density at radius 1 is 1.11 bits per heavy atom. The van der Waals surface area contributed by atoms with Crippen molar-refractivity contribution in [3.8, 4) is 11.5 Å². The molecular weight excluding hydrogens is 524 g/mol. The molecule has 1 saturated heterocycles. The lowest BCUT2D eigenvalue weighted by Gasteiger charge is -2.17. The van der Waals surface area contributed by atoms with E-state index in [4.69, 9.17) is 33.3 Å². The van der Waals surface area contributed by atoms with E-state index in [1.165, 1.54) is 11.8 Å². The van der Waals surface area contributed by atoms with Crippen molar-refractivity contribution in [1.82, 2.24) is 0 Å². The SMILES string of the molecule is C=CCc1cc(/C=C2\SC(=S)N(c3ccc(N(C)C)cc3)C2=O)cc(OC)c1OCc1ccc(Cl)cc1. The largest absolute Gasteiger partial charge is 0.493 e. The summed E-state index contributed by atoms with van der Waals surface area (Å²) in [5.41, 5.74) is 4.50. The summed E-state index contributed by atoms with van der Waals surface area (Å²) in [5, 5.41) is 0.675. The third-order valence-electron chi connectivity index (χ3n) is 5.75. The summed E-state index contributed by atoms with van der Waals surface area (Å²) in [5.74, 6) is 1.07. The fourth-order valence-corrected chi connectivity index (χ4v) is 5.29. The van der Waals surface area contributed by atoms with Gasteiger partial charge in [0.25, 0.3) is 5.91 Å². The maximum Gasteiger partial charge on any atom is 0.270 e. The predicted octanol–water partition coefficient (Wildman–Crippen LogP) is 7.13. The summed E-state index contributed by atoms with van der Waals surface area (Å²) < 4.78 is 12.3. The molecule has 0 bridgehead atoms. The minimum Gasteiger partial charge on any atom is -0.493 e. The van der Waals surface area contributed by atoms with E-state index in [1.807, 2.05) is 91.8 Å². The molecule has 190 valence electrons. The summed E-state index contributed by atoms with van der Waals surface area (Å²) in [6.45, 7) is 4.25. The van der Waals surface area contributed by atoms with Gasteiger partial charge in [0.1, 0.15) is 6.61 Å². The lowest BCUT2D eigenvalue weighted by molar-refractivity contribution is -0.113. The zero-order valence-electron chi connectivity index (χ0n) is 20.9. The predicted molar refractivity (Wildman–Crippen MR) is 159 cm³/mol. The quantitative estimate of drug-likeness (QED) is 0.160. The number of amides is 1. The number of methoxy groups -OCH3 is 1. The van der Waals surface area contributed by atoms with Crippen LogP contribution in [-0.4, -0.2) is 31.4 Å². The van der Waals surface area contributed by atoms with Crippen molar-refractivity contribution < 1.29 is 14.3 Å². The molecule has 0 spiro atoms. The molecule has 0 radical (unpaired) electrons. The monoisotopic (exact) mass is 550 g/mol. The fraction of sp³-hybridized carbons (Fsp3) is 0.172. The maximum atomic E-state index is 13.3. The maximum absolute atomic E-state index is 13.3. The molecule has 3 aromatic carbocycles. The number of halogens is 1. The highest BCUT2D eigenvalue weighted by molar-refractivity contribution is 8.27. The fourth-order valence-electron chi connectivity index (χ4n) is 3.87. The van der Waals surface area contributed by atoms with Crippen molar-refractivity contribution in [3.05, 3.63) is 99.9 Å². The average molecular weight is 551 g/mol. The minimum atomic E-state index is -0.153. The van der Waals surface area contributed by atoms with Crippen LogP contribution in [0.4, 0.5) is 11.4 Å². The molecule has 0 saturated carbocycles. The molecule has 0 unspecified atom stereocenters. The van der Waals surface area contributed by atoms with Gasteiger partial charge in [0.15, 0.2) is 15.8 Å². The van der Waals surface area contributed by atoms with Crippen LogP contribution in [0.25, 0.3) is 6.08 Å². The number of thioether (sulfide) groups is 1. The van der Waals surface area contributed by atoms with Gasteiger partial charge in [-0.2, -0.15) is 0 Å². The molecule has 0 aliphatic carbocycles. The molecule has 0 aromatic heterocycles. The Kier molecular flexibility index (Phi) is 8.59. The number of benzene rings is 3. The number of hydrogen-bond acceptors (Lipinski definition) is 6. The van der Waals surface area contributed by atoms with Gasteiger partial charge in [0, 0.05) is 30.4 Å². The van der Waals surface area contributed by atoms with E-state index in [-0.39, 0.29) is 5.91 Å². The van der Waals surface area contributed by atoms with Crippen LogP contribution >= 0.6 is 35.6 Å². The molecule has 37 heavy (non-hydrogen) atoms. The van der Waals surface area contributed by atoms with Crippen molar-refractivity contribution in [2.75, 3.05) is 31.0 Å². The first-order chi connectivity index (χ1) is 17.8. The summed E-state index contributed by atoms with van der Waals surface area (Å²) in [6, 6.07) is 19.1. The molecule has 1 heterocycles. The number of nitrogens with zero attached hydrogens (tertiary/aromatic N) is 2. The first kappa shape index (κ1) is 26.8. The van der Waals surface area contributed by atoms with Crippen molar-refractivity contribution >= 4 is 63.3 Å². The van der Waals surface area contributed by atoms with Crippen LogP contribution in [-0.2, 0) is 17.8 Å². The third-order valence-corrected chi connectivity index (χ3v) is 7.30. The second kappa shape index (κ2) is 11.9. The second-order valence-electron chi connectivity index (χ2n) is 8.55. The van der Waals surface area contributed by atoms with E-state index in [9.17, 15) is 4.79 Å². The van der Waals surface area contributed by atoms with Crippen LogP contribution in [0.1, 0.15) is 16.7 Å². The molecule has 1 amide bonds. The van der Waals surface area contributed by atoms with Crippen molar-refractivity contribution in [2.45, 2.75) is 13.0 Å². The lowest BCUT2D eigenvalue weighted by Crippen LogP contribution is -2.27. The zero-order valence-corrected chi connectivity index (χ0v) is 23.3. The van der Waals surface area contributed by atoms with Crippen molar-refractivity contribution in [3.63, 3.8) is 0 Å². The number of ether oxygens (including phenoxy) is 2. The summed E-state index contributed by atoms with van der Waals surface area (Å²) in [7, 11) is 5.54. The topological polar surface area (TPSA) is 42.0 Å². The van der Waals surface area contributed by atoms with E-state index >= 15 is 0 Å². The summed E-state index contributed by atoms with van der Waals surface area (Å²) in [4.78, 5) is 17.4. The Hall–Kier alpha value is -3.26. The normalized spacial score (nSPS) is 14.3. The standard InChI is InChI=1S/C29H27ClN2O3S2/c1-5-6-21-15-20(16-25(34-4)27(21)35-18-19-7-9-22(30)10-8-19)17-26-28(33)32(29(36)37-26)24-13-11-23(12-14-24)31(2)3/h5,7-17H,1,6,18H2,2-4H3/b26-17-. The molecule has 3 aromatic rings. The van der Waals surface area contributed by atoms with E-state index < -0.39 is 0 Å². The van der Waals surface area contributed by atoms with Gasteiger partial charge in [-0.25, -0.2) is 0 Å². The summed E-state index contributed by atoms with van der Waals surface area (Å²) >= 11 is 12.8. The second-order valence-corrected chi connectivity index (χ2v) is 10.7. The Morgan fingerprint density at radius 3 is 2.43 bits per heavy atom. The van der Waals surface area contributed by atoms with E-state index in [0.29, 0.717) is 38.8 Å². The van der Waals surface area contributed by atoms with Gasteiger partial charge < -0.3 is 14.4 Å². The third kappa shape index (κ3) is 6.18. The smallest absolute Gasteiger partial charge is 0.270 e. The van der Waals surface area contributed by atoms with Crippen molar-refractivity contribution in [2.24, 2.45) is 0 Å². The Bertz CT molecular complexity index is 1350. The van der Waals surface area contributed by atoms with Gasteiger partial charge in [-0.3, -0.25) is 9.69 Å². The van der Waals surface area contributed by atoms with Crippen molar-refractivity contribution in [1.29, 1.82) is 0 Å². The van der Waals surface area contributed by atoms with Crippen LogP contribution < -0.4 is 19.3 Å². The van der Waals surface area contributed by atoms with Crippen LogP contribution in [0.15, 0.2) is 78.2 Å². The number of carbonyl (C=O) groups is 1. The molecule has 5 nitrogen and oxygen atoms in total. The summed E-state index contributed by atoms with van der Waals surface area (Å²) in [6.07, 6.45) is 4.23. The Morgan fingerprint density at radius 2 is 1.81 bits per heavy atom. The molecule has 0 atom stereocenters. The Labute approximate surface area is 232 Å². The van der Waals surface area contributed by atoms with Gasteiger partial charge in [-0.15, -0.1) is 6.58 Å². The first-order valence-corrected chi connectivity index (χ1v) is 13.2. The van der Waals surface area contributed by atoms with Gasteiger partial charge in [0.2, 0.25) is 0 Å². The van der Waals surface area contributed by atoms with Gasteiger partial charge >= 0.3 is 0 Å². The number of carbonyl (C=O) groups excluding carboxylic acids is 1. The van der Waals surface area contributed by atoms with Crippen LogP contribution in [0, 0.1) is 0 Å². The number of hydrogen-bond donors (Lipinski definition) is 0. The lowest BCUT2D eigenvalue weighted by atomic mass is 10.0. The first-order valence-electron chi connectivity index (χ1n) is 11.5. The number of thiocarbonyl (C=S) groups is 1. The van der Waals surface area contributed by atoms with Gasteiger partial charge in [0.05, 0.1) is 17.7 Å². The van der Waals surface area contributed by atoms with E-state index in [0.717, 1.165) is 28.1 Å². The molecule has 1 aliphatic rings. The van der Waals surface area contributed by atoms with E-state index in [2.05, 4.69) is 6.58 Å². The molecule has 8 heteroatoms. The van der Waals surface area contributed by atoms with Gasteiger partial charge in [-0.05, 0) is 72.2 Å². The number of rotatable bonds is 9. The molecule has 1 aliphatic heterocycles. The minimum absolute atomic E-state index is 0.153. The molecule has 1 fully saturated rings. The number of allylic oxidation sites excluding steroid dienone is 1. The van der Waals surface area contributed by atoms with E-state index in [1.54, 1.807) is 12.0 Å². The highest BCUT2D eigenvalue weighted by Gasteiger charge is 2.33. The average Bonchev–Trinajstić information content (AvgIpc) is 3.16. The molecule has 0 N–H and O–H groups in total. The number of anilines is 2. The zero-order chi connectivity index (χ0) is 26.5. The Balaban J connectivity index is 1.61. The van der Waals surface area contributed by atoms with Crippen LogP contribution in [0.5, 0.6) is 11.5 Å². The highest BCUT2D eigenvalue weighted by atomic mass is 35.5.